The lowest BCUT2D eigenvalue weighted by molar-refractivity contribution is -0.149. The van der Waals surface area contributed by atoms with Crippen molar-refractivity contribution in [2.24, 2.45) is 5.14 Å². The fraction of sp³-hybridized carbons (Fsp3) is 0.125. The maximum atomic E-state index is 12.7. The Labute approximate surface area is 197 Å². The first-order valence-electron chi connectivity index (χ1n) is 10.2. The van der Waals surface area contributed by atoms with E-state index in [1.54, 1.807) is 54.6 Å². The summed E-state index contributed by atoms with van der Waals surface area (Å²) in [5.41, 5.74) is 1.34. The first kappa shape index (κ1) is 24.6. The smallest absolute Gasteiger partial charge is 0.329 e. The van der Waals surface area contributed by atoms with Crippen LogP contribution in [-0.4, -0.2) is 38.9 Å². The van der Waals surface area contributed by atoms with E-state index in [9.17, 15) is 22.8 Å². The molecule has 3 rings (SSSR count). The summed E-state index contributed by atoms with van der Waals surface area (Å²) in [6.07, 6.45) is 0.163. The molecule has 0 fully saturated rings. The molecule has 0 aliphatic heterocycles. The minimum Gasteiger partial charge on any atom is -0.454 e. The summed E-state index contributed by atoms with van der Waals surface area (Å²) < 4.78 is 28.1. The van der Waals surface area contributed by atoms with Crippen LogP contribution < -0.4 is 15.8 Å². The molecular formula is C24H23N3O6S. The van der Waals surface area contributed by atoms with Crippen molar-refractivity contribution in [1.82, 2.24) is 5.32 Å². The lowest BCUT2D eigenvalue weighted by Gasteiger charge is -2.18. The van der Waals surface area contributed by atoms with Gasteiger partial charge in [0.2, 0.25) is 10.0 Å². The predicted molar refractivity (Wildman–Crippen MR) is 125 cm³/mol. The lowest BCUT2D eigenvalue weighted by atomic mass is 10.1. The number of ether oxygens (including phenoxy) is 1. The zero-order chi connectivity index (χ0) is 24.6. The Morgan fingerprint density at radius 1 is 0.882 bits per heavy atom. The Morgan fingerprint density at radius 2 is 1.53 bits per heavy atom. The average molecular weight is 482 g/mol. The third-order valence-electron chi connectivity index (χ3n) is 4.70. The number of benzene rings is 3. The zero-order valence-electron chi connectivity index (χ0n) is 18.0. The van der Waals surface area contributed by atoms with Gasteiger partial charge in [-0.15, -0.1) is 0 Å². The molecule has 3 aromatic rings. The Kier molecular flexibility index (Phi) is 8.12. The van der Waals surface area contributed by atoms with Crippen LogP contribution in [-0.2, 0) is 30.8 Å². The number of primary sulfonamides is 1. The van der Waals surface area contributed by atoms with Crippen molar-refractivity contribution in [2.45, 2.75) is 17.4 Å². The first-order valence-corrected chi connectivity index (χ1v) is 11.8. The summed E-state index contributed by atoms with van der Waals surface area (Å²) in [6, 6.07) is 21.8. The largest absolute Gasteiger partial charge is 0.454 e. The highest BCUT2D eigenvalue weighted by Crippen LogP contribution is 2.14. The Balaban J connectivity index is 1.65. The zero-order valence-corrected chi connectivity index (χ0v) is 18.8. The van der Waals surface area contributed by atoms with Crippen LogP contribution in [0.3, 0.4) is 0 Å². The normalized spacial score (nSPS) is 11.8. The molecule has 3 aromatic carbocycles. The maximum Gasteiger partial charge on any atom is 0.329 e. The fourth-order valence-corrected chi connectivity index (χ4v) is 3.62. The van der Waals surface area contributed by atoms with Crippen molar-refractivity contribution in [1.29, 1.82) is 0 Å². The number of sulfonamides is 1. The molecule has 0 saturated heterocycles. The van der Waals surface area contributed by atoms with E-state index in [1.165, 1.54) is 24.3 Å². The maximum absolute atomic E-state index is 12.7. The van der Waals surface area contributed by atoms with E-state index in [2.05, 4.69) is 10.6 Å². The van der Waals surface area contributed by atoms with Gasteiger partial charge in [-0.2, -0.15) is 0 Å². The molecule has 9 nitrogen and oxygen atoms in total. The molecule has 0 bridgehead atoms. The predicted octanol–water partition coefficient (Wildman–Crippen LogP) is 1.86. The molecule has 176 valence electrons. The summed E-state index contributed by atoms with van der Waals surface area (Å²) in [7, 11) is -3.94. The van der Waals surface area contributed by atoms with E-state index in [0.29, 0.717) is 5.56 Å². The first-order chi connectivity index (χ1) is 16.2. The highest BCUT2D eigenvalue weighted by atomic mass is 32.2. The second-order valence-electron chi connectivity index (χ2n) is 7.31. The molecule has 4 N–H and O–H groups in total. The number of nitrogens with two attached hydrogens (primary N) is 1. The van der Waals surface area contributed by atoms with Crippen molar-refractivity contribution >= 4 is 33.5 Å². The van der Waals surface area contributed by atoms with Gasteiger partial charge in [-0.05, 0) is 35.9 Å². The van der Waals surface area contributed by atoms with Crippen molar-refractivity contribution in [3.8, 4) is 0 Å². The third-order valence-corrected chi connectivity index (χ3v) is 5.61. The van der Waals surface area contributed by atoms with E-state index in [4.69, 9.17) is 9.88 Å². The van der Waals surface area contributed by atoms with Crippen molar-refractivity contribution < 1.29 is 27.5 Å². The number of esters is 1. The molecule has 0 aromatic heterocycles. The van der Waals surface area contributed by atoms with E-state index in [1.807, 2.05) is 6.07 Å². The number of hydrogen-bond acceptors (Lipinski definition) is 6. The van der Waals surface area contributed by atoms with Gasteiger partial charge in [0.25, 0.3) is 11.8 Å². The van der Waals surface area contributed by atoms with E-state index < -0.39 is 40.5 Å². The number of anilines is 1. The van der Waals surface area contributed by atoms with Crippen LogP contribution in [0.2, 0.25) is 0 Å². The van der Waals surface area contributed by atoms with Crippen LogP contribution in [0.5, 0.6) is 0 Å². The minimum absolute atomic E-state index is 0.163. The summed E-state index contributed by atoms with van der Waals surface area (Å²) in [6.45, 7) is -0.634. The second-order valence-corrected chi connectivity index (χ2v) is 8.87. The summed E-state index contributed by atoms with van der Waals surface area (Å²) in [5, 5.41) is 10.2. The van der Waals surface area contributed by atoms with Crippen LogP contribution in [0.25, 0.3) is 0 Å². The number of nitrogens with one attached hydrogen (secondary N) is 2. The Morgan fingerprint density at radius 3 is 2.18 bits per heavy atom. The quantitative estimate of drug-likeness (QED) is 0.398. The summed E-state index contributed by atoms with van der Waals surface area (Å²) >= 11 is 0. The van der Waals surface area contributed by atoms with Gasteiger partial charge in [-0.25, -0.2) is 18.4 Å². The van der Waals surface area contributed by atoms with Crippen LogP contribution in [0.15, 0.2) is 89.8 Å². The fourth-order valence-electron chi connectivity index (χ4n) is 3.06. The van der Waals surface area contributed by atoms with Gasteiger partial charge < -0.3 is 15.4 Å². The lowest BCUT2D eigenvalue weighted by Crippen LogP contribution is -2.44. The van der Waals surface area contributed by atoms with Gasteiger partial charge >= 0.3 is 5.97 Å². The minimum atomic E-state index is -3.94. The molecule has 0 heterocycles. The van der Waals surface area contributed by atoms with Crippen LogP contribution in [0.4, 0.5) is 5.69 Å². The van der Waals surface area contributed by atoms with E-state index in [0.717, 1.165) is 5.56 Å². The number of hydrogen-bond donors (Lipinski definition) is 3. The molecule has 0 spiro atoms. The number of carbonyl (C=O) groups is 3. The van der Waals surface area contributed by atoms with Crippen molar-refractivity contribution in [2.75, 3.05) is 11.9 Å². The molecule has 10 heteroatoms. The van der Waals surface area contributed by atoms with E-state index in [-0.39, 0.29) is 17.0 Å². The number of rotatable bonds is 9. The van der Waals surface area contributed by atoms with E-state index >= 15 is 0 Å². The monoisotopic (exact) mass is 481 g/mol. The van der Waals surface area contributed by atoms with Crippen LogP contribution in [0, 0.1) is 0 Å². The van der Waals surface area contributed by atoms with Gasteiger partial charge in [0.1, 0.15) is 6.04 Å². The summed E-state index contributed by atoms with van der Waals surface area (Å²) in [5.74, 6) is -1.93. The Hall–Kier alpha value is -4.02. The van der Waals surface area contributed by atoms with Gasteiger partial charge in [-0.1, -0.05) is 54.6 Å². The third kappa shape index (κ3) is 7.26. The standard InChI is InChI=1S/C24H23N3O6S/c25-34(31,32)20-13-7-12-19(15-20)26-22(28)16-33-24(30)21(14-17-8-3-1-4-9-17)27-23(29)18-10-5-2-6-11-18/h1-13,15,21H,14,16H2,(H,26,28)(H,27,29)(H2,25,31,32). The molecule has 0 saturated carbocycles. The SMILES string of the molecule is NS(=O)(=O)c1cccc(NC(=O)COC(=O)C(Cc2ccccc2)NC(=O)c2ccccc2)c1. The molecule has 34 heavy (non-hydrogen) atoms. The highest BCUT2D eigenvalue weighted by Gasteiger charge is 2.24. The molecule has 0 aliphatic rings. The number of amides is 2. The van der Waals surface area contributed by atoms with Gasteiger partial charge in [0.15, 0.2) is 6.61 Å². The molecule has 1 unspecified atom stereocenters. The molecular weight excluding hydrogens is 458 g/mol. The van der Waals surface area contributed by atoms with Gasteiger partial charge in [0.05, 0.1) is 4.90 Å². The van der Waals surface area contributed by atoms with Crippen molar-refractivity contribution in [3.63, 3.8) is 0 Å². The highest BCUT2D eigenvalue weighted by molar-refractivity contribution is 7.89. The molecule has 1 atom stereocenters. The molecule has 2 amide bonds. The van der Waals surface area contributed by atoms with Crippen LogP contribution >= 0.6 is 0 Å². The summed E-state index contributed by atoms with van der Waals surface area (Å²) in [4.78, 5) is 37.4. The average Bonchev–Trinajstić information content (AvgIpc) is 2.83. The molecule has 0 radical (unpaired) electrons. The number of carbonyl (C=O) groups excluding carboxylic acids is 3. The van der Waals surface area contributed by atoms with Gasteiger partial charge in [-0.3, -0.25) is 9.59 Å². The molecule has 0 aliphatic carbocycles. The Bertz CT molecular complexity index is 1260. The topological polar surface area (TPSA) is 145 Å². The van der Waals surface area contributed by atoms with Crippen molar-refractivity contribution in [3.05, 3.63) is 96.1 Å². The second kappa shape index (κ2) is 11.2. The van der Waals surface area contributed by atoms with Gasteiger partial charge in [0, 0.05) is 17.7 Å². The van der Waals surface area contributed by atoms with Crippen LogP contribution in [0.1, 0.15) is 15.9 Å².